The van der Waals surface area contributed by atoms with Gasteiger partial charge in [-0.3, -0.25) is 0 Å². The molecule has 2 aromatic rings. The normalized spacial score (nSPS) is 18.8. The smallest absolute Gasteiger partial charge is 0.417 e. The monoisotopic (exact) mass is 360 g/mol. The molecule has 7 heteroatoms. The fourth-order valence-corrected chi connectivity index (χ4v) is 3.59. The number of alkyl halides is 3. The summed E-state index contributed by atoms with van der Waals surface area (Å²) in [5, 5.41) is 8.97. The van der Waals surface area contributed by atoms with E-state index in [1.165, 1.54) is 6.07 Å². The first-order valence-electron chi connectivity index (χ1n) is 8.25. The molecule has 1 unspecified atom stereocenters. The SMILES string of the molecule is N#Cc1ccc(N2CCCC2c2ccc3c(c2)OCO3)cc1C(F)(F)F. The minimum absolute atomic E-state index is 0.0430. The van der Waals surface area contributed by atoms with Gasteiger partial charge in [-0.1, -0.05) is 6.07 Å². The van der Waals surface area contributed by atoms with Gasteiger partial charge >= 0.3 is 6.18 Å². The molecule has 26 heavy (non-hydrogen) atoms. The van der Waals surface area contributed by atoms with Gasteiger partial charge in [-0.15, -0.1) is 0 Å². The molecule has 1 atom stereocenters. The van der Waals surface area contributed by atoms with Crippen molar-refractivity contribution in [1.82, 2.24) is 0 Å². The second kappa shape index (κ2) is 6.13. The van der Waals surface area contributed by atoms with Crippen molar-refractivity contribution >= 4 is 5.69 Å². The number of anilines is 1. The number of fused-ring (bicyclic) bond motifs is 1. The minimum Gasteiger partial charge on any atom is -0.454 e. The van der Waals surface area contributed by atoms with Crippen LogP contribution in [0.1, 0.15) is 35.6 Å². The maximum Gasteiger partial charge on any atom is 0.417 e. The molecule has 2 aliphatic rings. The number of rotatable bonds is 2. The van der Waals surface area contributed by atoms with E-state index in [0.29, 0.717) is 23.7 Å². The average molecular weight is 360 g/mol. The molecule has 0 spiro atoms. The van der Waals surface area contributed by atoms with Gasteiger partial charge in [0.2, 0.25) is 6.79 Å². The zero-order valence-electron chi connectivity index (χ0n) is 13.7. The highest BCUT2D eigenvalue weighted by atomic mass is 19.4. The molecule has 134 valence electrons. The van der Waals surface area contributed by atoms with Gasteiger partial charge in [0.1, 0.15) is 0 Å². The van der Waals surface area contributed by atoms with Crippen molar-refractivity contribution in [3.63, 3.8) is 0 Å². The van der Waals surface area contributed by atoms with E-state index in [2.05, 4.69) is 0 Å². The zero-order valence-corrected chi connectivity index (χ0v) is 13.7. The lowest BCUT2D eigenvalue weighted by Gasteiger charge is -2.28. The number of benzene rings is 2. The van der Waals surface area contributed by atoms with Gasteiger partial charge in [0.25, 0.3) is 0 Å². The summed E-state index contributed by atoms with van der Waals surface area (Å²) in [6.45, 7) is 0.833. The third-order valence-electron chi connectivity index (χ3n) is 4.79. The van der Waals surface area contributed by atoms with Crippen molar-refractivity contribution in [3.8, 4) is 17.6 Å². The van der Waals surface area contributed by atoms with E-state index in [9.17, 15) is 13.2 Å². The number of nitrogens with zero attached hydrogens (tertiary/aromatic N) is 2. The molecule has 0 amide bonds. The highest BCUT2D eigenvalue weighted by Crippen LogP contribution is 2.42. The molecule has 4 rings (SSSR count). The third-order valence-corrected chi connectivity index (χ3v) is 4.79. The van der Waals surface area contributed by atoms with Crippen molar-refractivity contribution < 1.29 is 22.6 Å². The zero-order chi connectivity index (χ0) is 18.3. The average Bonchev–Trinajstić information content (AvgIpc) is 3.28. The Hall–Kier alpha value is -2.88. The van der Waals surface area contributed by atoms with Crippen LogP contribution in [-0.4, -0.2) is 13.3 Å². The highest BCUT2D eigenvalue weighted by Gasteiger charge is 2.35. The molecule has 0 bridgehead atoms. The van der Waals surface area contributed by atoms with Crippen LogP contribution in [0.2, 0.25) is 0 Å². The lowest BCUT2D eigenvalue weighted by molar-refractivity contribution is -0.137. The molecule has 0 N–H and O–H groups in total. The summed E-state index contributed by atoms with van der Waals surface area (Å²) < 4.78 is 50.5. The molecule has 2 aliphatic heterocycles. The van der Waals surface area contributed by atoms with Gasteiger partial charge in [-0.25, -0.2) is 0 Å². The van der Waals surface area contributed by atoms with Crippen LogP contribution in [0.15, 0.2) is 36.4 Å². The molecule has 1 fully saturated rings. The molecule has 0 saturated carbocycles. The number of ether oxygens (including phenoxy) is 2. The van der Waals surface area contributed by atoms with Crippen LogP contribution in [0.3, 0.4) is 0 Å². The highest BCUT2D eigenvalue weighted by molar-refractivity contribution is 5.57. The molecule has 4 nitrogen and oxygen atoms in total. The van der Waals surface area contributed by atoms with Gasteiger partial charge in [0, 0.05) is 12.2 Å². The molecule has 2 heterocycles. The van der Waals surface area contributed by atoms with Crippen molar-refractivity contribution in [2.24, 2.45) is 0 Å². The van der Waals surface area contributed by atoms with E-state index in [1.807, 2.05) is 23.1 Å². The molecule has 1 saturated heterocycles. The lowest BCUT2D eigenvalue weighted by Crippen LogP contribution is -2.23. The van der Waals surface area contributed by atoms with Crippen LogP contribution < -0.4 is 14.4 Å². The summed E-state index contributed by atoms with van der Waals surface area (Å²) >= 11 is 0. The summed E-state index contributed by atoms with van der Waals surface area (Å²) in [6.07, 6.45) is -2.85. The molecular weight excluding hydrogens is 345 g/mol. The molecule has 2 aromatic carbocycles. The Labute approximate surface area is 148 Å². The van der Waals surface area contributed by atoms with Crippen molar-refractivity contribution in [3.05, 3.63) is 53.1 Å². The second-order valence-corrected chi connectivity index (χ2v) is 6.30. The molecule has 0 radical (unpaired) electrons. The largest absolute Gasteiger partial charge is 0.454 e. The predicted molar refractivity (Wildman–Crippen MR) is 88.0 cm³/mol. The number of halogens is 3. The standard InChI is InChI=1S/C19H15F3N2O2/c20-19(21,22)15-9-14(5-3-13(15)10-23)24-7-1-2-16(24)12-4-6-17-18(8-12)26-11-25-17/h3-6,8-9,16H,1-2,7,11H2. The van der Waals surface area contributed by atoms with Crippen LogP contribution >= 0.6 is 0 Å². The Bertz CT molecular complexity index is 889. The first-order valence-corrected chi connectivity index (χ1v) is 8.25. The fourth-order valence-electron chi connectivity index (χ4n) is 3.59. The van der Waals surface area contributed by atoms with Crippen LogP contribution in [0, 0.1) is 11.3 Å². The molecular formula is C19H15F3N2O2. The summed E-state index contributed by atoms with van der Waals surface area (Å²) in [4.78, 5) is 1.95. The van der Waals surface area contributed by atoms with E-state index in [1.54, 1.807) is 12.1 Å². The van der Waals surface area contributed by atoms with Crippen molar-refractivity contribution in [2.45, 2.75) is 25.1 Å². The first-order chi connectivity index (χ1) is 12.5. The van der Waals surface area contributed by atoms with Crippen LogP contribution in [0.25, 0.3) is 0 Å². The van der Waals surface area contributed by atoms with E-state index in [0.717, 1.165) is 24.5 Å². The summed E-state index contributed by atoms with van der Waals surface area (Å²) in [6, 6.07) is 11.1. The van der Waals surface area contributed by atoms with Crippen LogP contribution in [0.5, 0.6) is 11.5 Å². The Morgan fingerprint density at radius 3 is 2.65 bits per heavy atom. The maximum atomic E-state index is 13.3. The van der Waals surface area contributed by atoms with Crippen molar-refractivity contribution in [2.75, 3.05) is 18.2 Å². The molecule has 0 aliphatic carbocycles. The topological polar surface area (TPSA) is 45.5 Å². The number of nitriles is 1. The lowest BCUT2D eigenvalue weighted by atomic mass is 10.0. The summed E-state index contributed by atoms with van der Waals surface area (Å²) in [5.74, 6) is 1.33. The third kappa shape index (κ3) is 2.81. The van der Waals surface area contributed by atoms with Gasteiger partial charge in [-0.05, 0) is 48.7 Å². The van der Waals surface area contributed by atoms with Gasteiger partial charge in [0.15, 0.2) is 11.5 Å². The predicted octanol–water partition coefficient (Wildman–Crippen LogP) is 4.65. The van der Waals surface area contributed by atoms with Gasteiger partial charge in [-0.2, -0.15) is 18.4 Å². The number of hydrogen-bond donors (Lipinski definition) is 0. The van der Waals surface area contributed by atoms with Crippen LogP contribution in [0.4, 0.5) is 18.9 Å². The Morgan fingerprint density at radius 2 is 1.88 bits per heavy atom. The van der Waals surface area contributed by atoms with E-state index in [4.69, 9.17) is 14.7 Å². The Balaban J connectivity index is 1.70. The second-order valence-electron chi connectivity index (χ2n) is 6.30. The summed E-state index contributed by atoms with van der Waals surface area (Å²) in [7, 11) is 0. The number of hydrogen-bond acceptors (Lipinski definition) is 4. The first kappa shape index (κ1) is 16.6. The van der Waals surface area contributed by atoms with E-state index >= 15 is 0 Å². The van der Waals surface area contributed by atoms with E-state index in [-0.39, 0.29) is 18.4 Å². The quantitative estimate of drug-likeness (QED) is 0.782. The van der Waals surface area contributed by atoms with Crippen LogP contribution in [-0.2, 0) is 6.18 Å². The van der Waals surface area contributed by atoms with Gasteiger partial charge in [0.05, 0.1) is 23.2 Å². The van der Waals surface area contributed by atoms with Gasteiger partial charge < -0.3 is 14.4 Å². The Morgan fingerprint density at radius 1 is 1.08 bits per heavy atom. The van der Waals surface area contributed by atoms with Crippen molar-refractivity contribution in [1.29, 1.82) is 5.26 Å². The fraction of sp³-hybridized carbons (Fsp3) is 0.316. The maximum absolute atomic E-state index is 13.3. The minimum atomic E-state index is -4.56. The van der Waals surface area contributed by atoms with E-state index < -0.39 is 11.7 Å². The molecule has 0 aromatic heterocycles. The Kier molecular flexibility index (Phi) is 3.91. The summed E-state index contributed by atoms with van der Waals surface area (Å²) in [5.41, 5.74) is 0.190.